The standard InChI is InChI=1S/C42H29N3/c1-4-14-30(15-5-1)44(31-16-6-2-7-17-31)33-27-37(42-38(28-33)34-20-10-12-22-39(34)43-42)29-24-25-36-35-21-11-13-23-40(35)45(41(36)26-29)32-18-8-3-9-19-32/h1-28,43H. The van der Waals surface area contributed by atoms with Crippen LogP contribution in [-0.2, 0) is 0 Å². The zero-order valence-electron chi connectivity index (χ0n) is 24.6. The molecular weight excluding hydrogens is 546 g/mol. The van der Waals surface area contributed by atoms with E-state index >= 15 is 0 Å². The van der Waals surface area contributed by atoms with Crippen LogP contribution in [0.25, 0.3) is 60.4 Å². The summed E-state index contributed by atoms with van der Waals surface area (Å²) < 4.78 is 2.39. The molecule has 45 heavy (non-hydrogen) atoms. The Morgan fingerprint density at radius 3 is 1.76 bits per heavy atom. The lowest BCUT2D eigenvalue weighted by atomic mass is 9.98. The van der Waals surface area contributed by atoms with Gasteiger partial charge in [0.15, 0.2) is 0 Å². The van der Waals surface area contributed by atoms with E-state index in [0.717, 1.165) is 33.8 Å². The van der Waals surface area contributed by atoms with E-state index in [2.05, 4.69) is 184 Å². The molecule has 3 heteroatoms. The van der Waals surface area contributed by atoms with Crippen LogP contribution in [0.1, 0.15) is 0 Å². The number of nitrogens with one attached hydrogen (secondary N) is 1. The highest BCUT2D eigenvalue weighted by molar-refractivity contribution is 6.15. The highest BCUT2D eigenvalue weighted by Gasteiger charge is 2.19. The minimum absolute atomic E-state index is 1.11. The monoisotopic (exact) mass is 575 g/mol. The lowest BCUT2D eigenvalue weighted by Gasteiger charge is -2.26. The predicted molar refractivity (Wildman–Crippen MR) is 190 cm³/mol. The maximum Gasteiger partial charge on any atom is 0.0547 e. The number of nitrogens with zero attached hydrogens (tertiary/aromatic N) is 2. The van der Waals surface area contributed by atoms with E-state index in [1.165, 1.54) is 43.7 Å². The van der Waals surface area contributed by atoms with Gasteiger partial charge in [-0.2, -0.15) is 0 Å². The molecule has 0 saturated heterocycles. The Morgan fingerprint density at radius 1 is 0.422 bits per heavy atom. The number of aromatic amines is 1. The zero-order valence-corrected chi connectivity index (χ0v) is 24.6. The molecule has 1 N–H and O–H groups in total. The van der Waals surface area contributed by atoms with Crippen LogP contribution in [0, 0.1) is 0 Å². The van der Waals surface area contributed by atoms with Gasteiger partial charge in [-0.3, -0.25) is 0 Å². The molecule has 9 rings (SSSR count). The third-order valence-corrected chi connectivity index (χ3v) is 8.89. The second kappa shape index (κ2) is 10.3. The van der Waals surface area contributed by atoms with Gasteiger partial charge in [0.2, 0.25) is 0 Å². The lowest BCUT2D eigenvalue weighted by molar-refractivity contribution is 1.18. The fraction of sp³-hybridized carbons (Fsp3) is 0. The number of fused-ring (bicyclic) bond motifs is 6. The molecule has 0 spiro atoms. The van der Waals surface area contributed by atoms with Gasteiger partial charge in [0, 0.05) is 55.4 Å². The van der Waals surface area contributed by atoms with Gasteiger partial charge in [0.1, 0.15) is 0 Å². The number of rotatable bonds is 5. The van der Waals surface area contributed by atoms with E-state index < -0.39 is 0 Å². The van der Waals surface area contributed by atoms with Crippen LogP contribution in [-0.4, -0.2) is 9.55 Å². The van der Waals surface area contributed by atoms with Crippen LogP contribution in [0.15, 0.2) is 170 Å². The van der Waals surface area contributed by atoms with Gasteiger partial charge in [-0.25, -0.2) is 0 Å². The molecule has 7 aromatic carbocycles. The molecule has 2 aromatic heterocycles. The van der Waals surface area contributed by atoms with Crippen molar-refractivity contribution in [3.8, 4) is 16.8 Å². The Balaban J connectivity index is 1.36. The van der Waals surface area contributed by atoms with Crippen LogP contribution in [0.3, 0.4) is 0 Å². The number of anilines is 3. The van der Waals surface area contributed by atoms with E-state index in [9.17, 15) is 0 Å². The summed E-state index contributed by atoms with van der Waals surface area (Å²) in [5.41, 5.74) is 11.5. The van der Waals surface area contributed by atoms with Crippen molar-refractivity contribution in [2.75, 3.05) is 4.90 Å². The first-order chi connectivity index (χ1) is 22.3. The molecule has 0 saturated carbocycles. The third-order valence-electron chi connectivity index (χ3n) is 8.89. The quantitative estimate of drug-likeness (QED) is 0.217. The number of benzene rings is 7. The molecule has 0 radical (unpaired) electrons. The van der Waals surface area contributed by atoms with E-state index in [1.807, 2.05) is 0 Å². The molecular formula is C42H29N3. The fourth-order valence-electron chi connectivity index (χ4n) is 6.89. The predicted octanol–water partition coefficient (Wildman–Crippen LogP) is 11.6. The van der Waals surface area contributed by atoms with Crippen LogP contribution in [0.4, 0.5) is 17.1 Å². The Hall–Kier alpha value is -6.06. The molecule has 0 bridgehead atoms. The first-order valence-electron chi connectivity index (χ1n) is 15.4. The first kappa shape index (κ1) is 25.4. The smallest absolute Gasteiger partial charge is 0.0547 e. The van der Waals surface area contributed by atoms with Crippen molar-refractivity contribution in [3.05, 3.63) is 170 Å². The first-order valence-corrected chi connectivity index (χ1v) is 15.4. The largest absolute Gasteiger partial charge is 0.354 e. The molecule has 0 aliphatic heterocycles. The third kappa shape index (κ3) is 4.13. The summed E-state index contributed by atoms with van der Waals surface area (Å²) in [6.45, 7) is 0. The molecule has 0 unspecified atom stereocenters. The summed E-state index contributed by atoms with van der Waals surface area (Å²) in [6, 6.07) is 60.9. The topological polar surface area (TPSA) is 24.0 Å². The highest BCUT2D eigenvalue weighted by Crippen LogP contribution is 2.43. The van der Waals surface area contributed by atoms with Crippen molar-refractivity contribution in [1.29, 1.82) is 0 Å². The summed E-state index contributed by atoms with van der Waals surface area (Å²) in [5, 5.41) is 4.93. The van der Waals surface area contributed by atoms with Crippen molar-refractivity contribution >= 4 is 60.7 Å². The average molecular weight is 576 g/mol. The van der Waals surface area contributed by atoms with E-state index in [1.54, 1.807) is 0 Å². The minimum atomic E-state index is 1.11. The number of hydrogen-bond donors (Lipinski definition) is 1. The van der Waals surface area contributed by atoms with Gasteiger partial charge >= 0.3 is 0 Å². The molecule has 0 amide bonds. The van der Waals surface area contributed by atoms with Crippen molar-refractivity contribution in [2.45, 2.75) is 0 Å². The van der Waals surface area contributed by atoms with E-state index in [-0.39, 0.29) is 0 Å². The van der Waals surface area contributed by atoms with Crippen LogP contribution in [0.5, 0.6) is 0 Å². The molecule has 0 aliphatic carbocycles. The van der Waals surface area contributed by atoms with Gasteiger partial charge in [-0.1, -0.05) is 103 Å². The fourth-order valence-corrected chi connectivity index (χ4v) is 6.89. The van der Waals surface area contributed by atoms with E-state index in [0.29, 0.717) is 0 Å². The van der Waals surface area contributed by atoms with Crippen molar-refractivity contribution in [1.82, 2.24) is 9.55 Å². The normalized spacial score (nSPS) is 11.6. The molecule has 2 heterocycles. The second-order valence-electron chi connectivity index (χ2n) is 11.5. The summed E-state index contributed by atoms with van der Waals surface area (Å²) in [7, 11) is 0. The van der Waals surface area contributed by atoms with Crippen LogP contribution < -0.4 is 4.90 Å². The highest BCUT2D eigenvalue weighted by atomic mass is 15.1. The van der Waals surface area contributed by atoms with Gasteiger partial charge in [-0.15, -0.1) is 0 Å². The van der Waals surface area contributed by atoms with Crippen LogP contribution >= 0.6 is 0 Å². The van der Waals surface area contributed by atoms with Gasteiger partial charge < -0.3 is 14.5 Å². The van der Waals surface area contributed by atoms with Gasteiger partial charge in [0.05, 0.1) is 16.6 Å². The van der Waals surface area contributed by atoms with Crippen molar-refractivity contribution < 1.29 is 0 Å². The maximum absolute atomic E-state index is 3.79. The zero-order chi connectivity index (χ0) is 29.7. The molecule has 212 valence electrons. The van der Waals surface area contributed by atoms with Gasteiger partial charge in [-0.05, 0) is 72.3 Å². The number of hydrogen-bond acceptors (Lipinski definition) is 1. The number of H-pyrrole nitrogens is 1. The molecule has 9 aromatic rings. The van der Waals surface area contributed by atoms with Crippen LogP contribution in [0.2, 0.25) is 0 Å². The SMILES string of the molecule is c1ccc(N(c2ccccc2)c2cc(-c3ccc4c5ccccc5n(-c5ccccc5)c4c3)c3[nH]c4ccccc4c3c2)cc1. The molecule has 0 atom stereocenters. The summed E-state index contributed by atoms with van der Waals surface area (Å²) in [5.74, 6) is 0. The lowest BCUT2D eigenvalue weighted by Crippen LogP contribution is -2.09. The molecule has 0 fully saturated rings. The Bertz CT molecular complexity index is 2430. The van der Waals surface area contributed by atoms with E-state index in [4.69, 9.17) is 0 Å². The summed E-state index contributed by atoms with van der Waals surface area (Å²) in [4.78, 5) is 6.14. The Kier molecular flexibility index (Phi) is 5.82. The Labute approximate surface area is 261 Å². The summed E-state index contributed by atoms with van der Waals surface area (Å²) >= 11 is 0. The molecule has 3 nitrogen and oxygen atoms in total. The number of para-hydroxylation sites is 5. The average Bonchev–Trinajstić information content (AvgIpc) is 3.65. The number of aromatic nitrogens is 2. The maximum atomic E-state index is 3.79. The van der Waals surface area contributed by atoms with Crippen molar-refractivity contribution in [2.24, 2.45) is 0 Å². The minimum Gasteiger partial charge on any atom is -0.354 e. The van der Waals surface area contributed by atoms with Crippen molar-refractivity contribution in [3.63, 3.8) is 0 Å². The molecule has 0 aliphatic rings. The van der Waals surface area contributed by atoms with Gasteiger partial charge in [0.25, 0.3) is 0 Å². The summed E-state index contributed by atoms with van der Waals surface area (Å²) in [6.07, 6.45) is 0. The second-order valence-corrected chi connectivity index (χ2v) is 11.5. The Morgan fingerprint density at radius 2 is 1.02 bits per heavy atom.